The molecule has 12 nitrogen and oxygen atoms in total. The van der Waals surface area contributed by atoms with Crippen LogP contribution in [0.5, 0.6) is 0 Å². The predicted molar refractivity (Wildman–Crippen MR) is 67.9 cm³/mol. The summed E-state index contributed by atoms with van der Waals surface area (Å²) in [5, 5.41) is 26.0. The maximum Gasteiger partial charge on any atom is 0.299 e. The molecule has 1 aromatic rings. The predicted octanol–water partition coefficient (Wildman–Crippen LogP) is 2.04. The Morgan fingerprint density at radius 1 is 1.33 bits per heavy atom. The summed E-state index contributed by atoms with van der Waals surface area (Å²) in [7, 11) is 1.44. The van der Waals surface area contributed by atoms with Crippen molar-refractivity contribution in [3.05, 3.63) is 54.4 Å². The quantitative estimate of drug-likeness (QED) is 0.272. The lowest BCUT2D eigenvalue weighted by molar-refractivity contribution is -0.394. The van der Waals surface area contributed by atoms with Crippen LogP contribution < -0.4 is 0 Å². The first-order valence-electron chi connectivity index (χ1n) is 5.40. The molecule has 1 aliphatic rings. The molecule has 1 unspecified atom stereocenters. The van der Waals surface area contributed by atoms with Crippen LogP contribution in [0, 0.1) is 20.2 Å². The molecule has 0 saturated carbocycles. The summed E-state index contributed by atoms with van der Waals surface area (Å²) in [5.74, 6) is 0. The number of azide groups is 1. The molecule has 0 fully saturated rings. The molecule has 0 spiro atoms. The van der Waals surface area contributed by atoms with Gasteiger partial charge in [-0.2, -0.15) is 0 Å². The van der Waals surface area contributed by atoms with E-state index in [-0.39, 0.29) is 11.6 Å². The number of hydrogen-bond donors (Lipinski definition) is 0. The fourth-order valence-corrected chi connectivity index (χ4v) is 1.73. The van der Waals surface area contributed by atoms with Gasteiger partial charge < -0.3 is 4.84 Å². The molecule has 12 heteroatoms. The average molecular weight is 293 g/mol. The van der Waals surface area contributed by atoms with Crippen molar-refractivity contribution in [2.45, 2.75) is 6.17 Å². The Hall–Kier alpha value is -3.24. The van der Waals surface area contributed by atoms with Crippen molar-refractivity contribution in [3.8, 4) is 0 Å². The zero-order valence-electron chi connectivity index (χ0n) is 10.5. The Kier molecular flexibility index (Phi) is 3.65. The Labute approximate surface area is 116 Å². The van der Waals surface area contributed by atoms with Crippen molar-refractivity contribution in [1.29, 1.82) is 0 Å². The molecule has 0 amide bonds. The molecule has 1 aliphatic heterocycles. The van der Waals surface area contributed by atoms with Crippen LogP contribution in [0.2, 0.25) is 0 Å². The van der Waals surface area contributed by atoms with Gasteiger partial charge in [0.1, 0.15) is 0 Å². The molecule has 0 aromatic heterocycles. The van der Waals surface area contributed by atoms with Gasteiger partial charge >= 0.3 is 0 Å². The number of amidine groups is 1. The van der Waals surface area contributed by atoms with Crippen molar-refractivity contribution in [2.75, 3.05) is 7.05 Å². The van der Waals surface area contributed by atoms with E-state index in [0.29, 0.717) is 0 Å². The van der Waals surface area contributed by atoms with E-state index in [1.165, 1.54) is 7.05 Å². The molecule has 1 atom stereocenters. The third-order valence-corrected chi connectivity index (χ3v) is 2.58. The van der Waals surface area contributed by atoms with Crippen LogP contribution >= 0.6 is 0 Å². The maximum atomic E-state index is 10.8. The minimum absolute atomic E-state index is 0.168. The molecular weight excluding hydrogens is 286 g/mol. The average Bonchev–Trinajstić information content (AvgIpc) is 2.79. The SMILES string of the molecule is CN1OC(N=[N+]=[N-])=NC1c1cc([N+](=O)[O-])cc([N+](=O)[O-])c1. The van der Waals surface area contributed by atoms with Crippen molar-refractivity contribution >= 4 is 17.4 Å². The smallest absolute Gasteiger partial charge is 0.299 e. The van der Waals surface area contributed by atoms with Crippen molar-refractivity contribution in [1.82, 2.24) is 5.06 Å². The maximum absolute atomic E-state index is 10.8. The number of non-ortho nitro benzene ring substituents is 2. The number of benzene rings is 1. The lowest BCUT2D eigenvalue weighted by atomic mass is 10.1. The fourth-order valence-electron chi connectivity index (χ4n) is 1.73. The first-order chi connectivity index (χ1) is 9.92. The first kappa shape index (κ1) is 14.2. The molecule has 1 aromatic carbocycles. The number of nitro benzene ring substituents is 2. The van der Waals surface area contributed by atoms with Crippen molar-refractivity contribution < 1.29 is 14.7 Å². The van der Waals surface area contributed by atoms with Crippen LogP contribution in [0.1, 0.15) is 11.7 Å². The molecule has 0 aliphatic carbocycles. The Bertz CT molecular complexity index is 663. The van der Waals surface area contributed by atoms with E-state index < -0.39 is 27.4 Å². The third-order valence-electron chi connectivity index (χ3n) is 2.58. The summed E-state index contributed by atoms with van der Waals surface area (Å²) in [4.78, 5) is 31.5. The van der Waals surface area contributed by atoms with E-state index >= 15 is 0 Å². The number of aliphatic imine (C=N–C) groups is 1. The van der Waals surface area contributed by atoms with Crippen molar-refractivity contribution in [3.63, 3.8) is 0 Å². The second-order valence-corrected chi connectivity index (χ2v) is 3.91. The minimum Gasteiger partial charge on any atom is -0.381 e. The van der Waals surface area contributed by atoms with E-state index in [4.69, 9.17) is 10.4 Å². The van der Waals surface area contributed by atoms with E-state index in [1.807, 2.05) is 0 Å². The minimum atomic E-state index is -0.885. The van der Waals surface area contributed by atoms with Crippen LogP contribution in [0.25, 0.3) is 10.4 Å². The third kappa shape index (κ3) is 2.86. The molecular formula is C9H7N7O5. The lowest BCUT2D eigenvalue weighted by Crippen LogP contribution is -2.18. The molecule has 108 valence electrons. The number of nitrogens with zero attached hydrogens (tertiary/aromatic N) is 7. The Morgan fingerprint density at radius 3 is 2.38 bits per heavy atom. The topological polar surface area (TPSA) is 160 Å². The molecule has 21 heavy (non-hydrogen) atoms. The van der Waals surface area contributed by atoms with Gasteiger partial charge in [-0.15, -0.1) is 5.06 Å². The second kappa shape index (κ2) is 5.40. The van der Waals surface area contributed by atoms with Gasteiger partial charge in [0.2, 0.25) is 0 Å². The van der Waals surface area contributed by atoms with Gasteiger partial charge in [0.25, 0.3) is 17.4 Å². The van der Waals surface area contributed by atoms with Gasteiger partial charge in [-0.1, -0.05) is 0 Å². The highest BCUT2D eigenvalue weighted by atomic mass is 16.7. The van der Waals surface area contributed by atoms with Gasteiger partial charge in [0.15, 0.2) is 6.17 Å². The van der Waals surface area contributed by atoms with Crippen LogP contribution in [-0.4, -0.2) is 28.0 Å². The summed E-state index contributed by atoms with van der Waals surface area (Å²) >= 11 is 0. The number of rotatable bonds is 3. The van der Waals surface area contributed by atoms with Crippen LogP contribution in [-0.2, 0) is 4.84 Å². The molecule has 0 radical (unpaired) electrons. The zero-order valence-corrected chi connectivity index (χ0v) is 10.5. The van der Waals surface area contributed by atoms with E-state index in [0.717, 1.165) is 23.3 Å². The molecule has 0 bridgehead atoms. The van der Waals surface area contributed by atoms with E-state index in [2.05, 4.69) is 15.0 Å². The monoisotopic (exact) mass is 293 g/mol. The van der Waals surface area contributed by atoms with Gasteiger partial charge in [-0.3, -0.25) is 20.2 Å². The Morgan fingerprint density at radius 2 is 1.90 bits per heavy atom. The van der Waals surface area contributed by atoms with Gasteiger partial charge in [0.05, 0.1) is 15.9 Å². The van der Waals surface area contributed by atoms with E-state index in [9.17, 15) is 20.2 Å². The highest BCUT2D eigenvalue weighted by molar-refractivity contribution is 5.75. The first-order valence-corrected chi connectivity index (χ1v) is 5.40. The standard InChI is InChI=1S/C9H7N7O5/c1-14-8(11-9(21-14)12-13-10)5-2-6(15(17)18)4-7(3-5)16(19)20/h2-4,8H,1H3. The van der Waals surface area contributed by atoms with Gasteiger partial charge in [-0.25, -0.2) is 4.99 Å². The number of nitro groups is 2. The van der Waals surface area contributed by atoms with E-state index in [1.54, 1.807) is 0 Å². The van der Waals surface area contributed by atoms with Crippen LogP contribution in [0.15, 0.2) is 28.3 Å². The van der Waals surface area contributed by atoms with Crippen LogP contribution in [0.4, 0.5) is 11.4 Å². The highest BCUT2D eigenvalue weighted by Crippen LogP contribution is 2.32. The summed E-state index contributed by atoms with van der Waals surface area (Å²) in [6.07, 6.45) is -0.885. The number of hydrogen-bond acceptors (Lipinski definition) is 8. The van der Waals surface area contributed by atoms with Gasteiger partial charge in [-0.05, 0) is 5.53 Å². The molecule has 0 saturated heterocycles. The zero-order chi connectivity index (χ0) is 15.6. The molecule has 0 N–H and O–H groups in total. The Balaban J connectivity index is 2.50. The lowest BCUT2D eigenvalue weighted by Gasteiger charge is -2.15. The normalized spacial score (nSPS) is 17.6. The van der Waals surface area contributed by atoms with Crippen molar-refractivity contribution in [2.24, 2.45) is 10.1 Å². The number of hydroxylamine groups is 2. The molecule has 1 heterocycles. The summed E-state index contributed by atoms with van der Waals surface area (Å²) in [5.41, 5.74) is 7.58. The van der Waals surface area contributed by atoms with Gasteiger partial charge in [0, 0.05) is 34.8 Å². The summed E-state index contributed by atoms with van der Waals surface area (Å²) in [6.45, 7) is 0. The summed E-state index contributed by atoms with van der Waals surface area (Å²) in [6, 6.07) is 2.84. The second-order valence-electron chi connectivity index (χ2n) is 3.91. The fraction of sp³-hybridized carbons (Fsp3) is 0.222. The largest absolute Gasteiger partial charge is 0.381 e. The van der Waals surface area contributed by atoms with Crippen LogP contribution in [0.3, 0.4) is 0 Å². The highest BCUT2D eigenvalue weighted by Gasteiger charge is 2.29. The summed E-state index contributed by atoms with van der Waals surface area (Å²) < 4.78 is 0. The molecule has 2 rings (SSSR count).